The summed E-state index contributed by atoms with van der Waals surface area (Å²) < 4.78 is 13.0. The third-order valence-corrected chi connectivity index (χ3v) is 5.46. The number of carbonyl (C=O) groups is 1. The Bertz CT molecular complexity index is 1010. The van der Waals surface area contributed by atoms with Crippen molar-refractivity contribution in [2.75, 3.05) is 18.9 Å². The number of unbranched alkanes of at least 4 members (excludes halogenated alkanes) is 3. The first-order valence-corrected chi connectivity index (χ1v) is 10.5. The van der Waals surface area contributed by atoms with Crippen LogP contribution in [0.3, 0.4) is 0 Å². The zero-order chi connectivity index (χ0) is 20.2. The molecular weight excluding hydrogens is 368 g/mol. The maximum absolute atomic E-state index is 12.9. The van der Waals surface area contributed by atoms with Crippen LogP contribution in [0.15, 0.2) is 24.3 Å². The summed E-state index contributed by atoms with van der Waals surface area (Å²) in [6, 6.07) is 7.64. The number of hydrogen-bond acceptors (Lipinski definition) is 6. The van der Waals surface area contributed by atoms with Gasteiger partial charge in [0, 0.05) is 13.2 Å². The number of aryl methyl sites for hydroxylation is 1. The smallest absolute Gasteiger partial charge is 0.344 e. The molecule has 1 saturated heterocycles. The van der Waals surface area contributed by atoms with Crippen LogP contribution in [0.4, 0.5) is 5.82 Å². The second-order valence-corrected chi connectivity index (χ2v) is 7.59. The van der Waals surface area contributed by atoms with Gasteiger partial charge in [-0.05, 0) is 31.4 Å². The van der Waals surface area contributed by atoms with E-state index < -0.39 is 5.97 Å². The van der Waals surface area contributed by atoms with Gasteiger partial charge >= 0.3 is 5.97 Å². The van der Waals surface area contributed by atoms with Gasteiger partial charge in [-0.3, -0.25) is 0 Å². The highest BCUT2D eigenvalue weighted by molar-refractivity contribution is 6.08. The molecule has 0 aliphatic carbocycles. The van der Waals surface area contributed by atoms with Crippen molar-refractivity contribution in [1.82, 2.24) is 14.5 Å². The minimum absolute atomic E-state index is 0.0329. The Hall–Kier alpha value is -2.67. The Morgan fingerprint density at radius 1 is 1.24 bits per heavy atom. The number of hydrogen-bond donors (Lipinski definition) is 1. The number of carbonyl (C=O) groups excluding carboxylic acids is 1. The Labute approximate surface area is 170 Å². The average molecular weight is 396 g/mol. The van der Waals surface area contributed by atoms with Crippen molar-refractivity contribution in [3.05, 3.63) is 29.8 Å². The summed E-state index contributed by atoms with van der Waals surface area (Å²) >= 11 is 0. The summed E-state index contributed by atoms with van der Waals surface area (Å²) in [5.41, 5.74) is 9.41. The summed E-state index contributed by atoms with van der Waals surface area (Å²) in [6.07, 6.45) is 6.29. The summed E-state index contributed by atoms with van der Waals surface area (Å²) in [6.45, 7) is 3.84. The zero-order valence-corrected chi connectivity index (χ0v) is 16.9. The Balaban J connectivity index is 1.69. The first kappa shape index (κ1) is 19.6. The fourth-order valence-electron chi connectivity index (χ4n) is 3.86. The molecule has 1 aliphatic rings. The molecule has 0 bridgehead atoms. The molecule has 154 valence electrons. The van der Waals surface area contributed by atoms with E-state index in [1.165, 1.54) is 6.42 Å². The van der Waals surface area contributed by atoms with Crippen LogP contribution in [-0.2, 0) is 16.0 Å². The van der Waals surface area contributed by atoms with E-state index in [4.69, 9.17) is 25.2 Å². The van der Waals surface area contributed by atoms with Crippen LogP contribution < -0.4 is 5.73 Å². The lowest BCUT2D eigenvalue weighted by molar-refractivity contribution is 0.0163. The molecule has 1 fully saturated rings. The molecule has 3 aromatic rings. The number of benzene rings is 1. The molecule has 0 unspecified atom stereocenters. The van der Waals surface area contributed by atoms with E-state index in [0.717, 1.165) is 49.7 Å². The molecule has 0 saturated carbocycles. The van der Waals surface area contributed by atoms with Crippen LogP contribution in [0.2, 0.25) is 0 Å². The molecule has 7 nitrogen and oxygen atoms in total. The van der Waals surface area contributed by atoms with E-state index in [1.807, 2.05) is 28.8 Å². The number of para-hydroxylation sites is 2. The molecule has 0 radical (unpaired) electrons. The maximum Gasteiger partial charge on any atom is 0.344 e. The number of ether oxygens (including phenoxy) is 2. The number of fused-ring (bicyclic) bond motifs is 2. The van der Waals surface area contributed by atoms with E-state index in [1.54, 1.807) is 0 Å². The number of esters is 1. The van der Waals surface area contributed by atoms with Gasteiger partial charge in [-0.2, -0.15) is 0 Å². The molecule has 29 heavy (non-hydrogen) atoms. The Morgan fingerprint density at radius 3 is 2.76 bits per heavy atom. The fraction of sp³-hybridized carbons (Fsp3) is 0.500. The lowest BCUT2D eigenvalue weighted by Crippen LogP contribution is -2.18. The lowest BCUT2D eigenvalue weighted by atomic mass is 10.2. The monoisotopic (exact) mass is 396 g/mol. The topological polar surface area (TPSA) is 92.3 Å². The fourth-order valence-corrected chi connectivity index (χ4v) is 3.86. The van der Waals surface area contributed by atoms with Gasteiger partial charge in [0.1, 0.15) is 23.5 Å². The van der Waals surface area contributed by atoms with E-state index in [-0.39, 0.29) is 12.7 Å². The average Bonchev–Trinajstić information content (AvgIpc) is 3.34. The van der Waals surface area contributed by atoms with Crippen molar-refractivity contribution in [2.45, 2.75) is 58.1 Å². The molecule has 3 heterocycles. The van der Waals surface area contributed by atoms with Gasteiger partial charge in [-0.1, -0.05) is 38.3 Å². The van der Waals surface area contributed by atoms with Crippen LogP contribution in [0, 0.1) is 0 Å². The molecule has 4 rings (SSSR count). The number of nitrogens with zero attached hydrogens (tertiary/aromatic N) is 3. The van der Waals surface area contributed by atoms with E-state index in [2.05, 4.69) is 6.92 Å². The van der Waals surface area contributed by atoms with Gasteiger partial charge in [0.2, 0.25) is 0 Å². The van der Waals surface area contributed by atoms with E-state index >= 15 is 0 Å². The number of anilines is 1. The molecule has 2 aromatic heterocycles. The summed E-state index contributed by atoms with van der Waals surface area (Å²) in [4.78, 5) is 22.4. The predicted molar refractivity (Wildman–Crippen MR) is 113 cm³/mol. The largest absolute Gasteiger partial charge is 0.459 e. The predicted octanol–water partition coefficient (Wildman–Crippen LogP) is 4.08. The second kappa shape index (κ2) is 8.78. The zero-order valence-electron chi connectivity index (χ0n) is 16.9. The Kier molecular flexibility index (Phi) is 5.94. The second-order valence-electron chi connectivity index (χ2n) is 7.59. The van der Waals surface area contributed by atoms with Crippen molar-refractivity contribution in [3.63, 3.8) is 0 Å². The minimum atomic E-state index is -0.458. The van der Waals surface area contributed by atoms with Crippen molar-refractivity contribution in [1.29, 1.82) is 0 Å². The molecule has 7 heteroatoms. The van der Waals surface area contributed by atoms with Crippen LogP contribution >= 0.6 is 0 Å². The molecule has 1 aliphatic heterocycles. The Morgan fingerprint density at radius 2 is 2.03 bits per heavy atom. The quantitative estimate of drug-likeness (QED) is 0.455. The summed E-state index contributed by atoms with van der Waals surface area (Å²) in [5.74, 6) is -0.0796. The number of rotatable bonds is 8. The van der Waals surface area contributed by atoms with Crippen LogP contribution in [0.25, 0.3) is 22.2 Å². The highest BCUT2D eigenvalue weighted by atomic mass is 16.6. The first-order valence-electron chi connectivity index (χ1n) is 10.5. The third-order valence-electron chi connectivity index (χ3n) is 5.46. The van der Waals surface area contributed by atoms with Gasteiger partial charge in [0.25, 0.3) is 0 Å². The van der Waals surface area contributed by atoms with Crippen LogP contribution in [-0.4, -0.2) is 39.8 Å². The lowest BCUT2D eigenvalue weighted by Gasteiger charge is -2.10. The van der Waals surface area contributed by atoms with Gasteiger partial charge in [0.05, 0.1) is 17.1 Å². The van der Waals surface area contributed by atoms with Crippen LogP contribution in [0.1, 0.15) is 55.8 Å². The standard InChI is InChI=1S/C22H28N4O3/c1-2-3-4-7-12-26-20(23)18(22(27)29-14-15-9-8-13-28-15)19-21(26)25-17-11-6-5-10-16(17)24-19/h5-6,10-11,15H,2-4,7-9,12-14,23H2,1H3/t15-/m0/s1. The van der Waals surface area contributed by atoms with Crippen molar-refractivity contribution in [2.24, 2.45) is 0 Å². The van der Waals surface area contributed by atoms with Gasteiger partial charge in [-0.25, -0.2) is 14.8 Å². The van der Waals surface area contributed by atoms with Crippen LogP contribution in [0.5, 0.6) is 0 Å². The molecule has 0 amide bonds. The van der Waals surface area contributed by atoms with E-state index in [9.17, 15) is 4.79 Å². The number of aromatic nitrogens is 3. The minimum Gasteiger partial charge on any atom is -0.459 e. The first-order chi connectivity index (χ1) is 14.2. The normalized spacial score (nSPS) is 16.7. The summed E-state index contributed by atoms with van der Waals surface area (Å²) in [7, 11) is 0. The SMILES string of the molecule is CCCCCCn1c(N)c(C(=O)OC[C@@H]2CCCO2)c2nc3ccccc3nc21. The third kappa shape index (κ3) is 4.05. The molecule has 2 N–H and O–H groups in total. The highest BCUT2D eigenvalue weighted by Crippen LogP contribution is 2.29. The molecule has 1 aromatic carbocycles. The van der Waals surface area contributed by atoms with Crippen molar-refractivity contribution < 1.29 is 14.3 Å². The highest BCUT2D eigenvalue weighted by Gasteiger charge is 2.26. The number of nitrogens with two attached hydrogens (primary N) is 1. The van der Waals surface area contributed by atoms with Gasteiger partial charge in [-0.15, -0.1) is 0 Å². The van der Waals surface area contributed by atoms with E-state index in [0.29, 0.717) is 29.1 Å². The van der Waals surface area contributed by atoms with Gasteiger partial charge in [0.15, 0.2) is 5.65 Å². The maximum atomic E-state index is 12.9. The molecular formula is C22H28N4O3. The molecule has 1 atom stereocenters. The number of nitrogen functional groups attached to an aromatic ring is 1. The van der Waals surface area contributed by atoms with Gasteiger partial charge < -0.3 is 19.8 Å². The molecule has 0 spiro atoms. The van der Waals surface area contributed by atoms with Crippen molar-refractivity contribution in [3.8, 4) is 0 Å². The summed E-state index contributed by atoms with van der Waals surface area (Å²) in [5, 5.41) is 0. The van der Waals surface area contributed by atoms with Crippen molar-refractivity contribution >= 4 is 34.0 Å².